The van der Waals surface area contributed by atoms with E-state index in [0.29, 0.717) is 25.1 Å². The van der Waals surface area contributed by atoms with Gasteiger partial charge >= 0.3 is 5.97 Å². The van der Waals surface area contributed by atoms with E-state index in [2.05, 4.69) is 20.6 Å². The van der Waals surface area contributed by atoms with Crippen LogP contribution in [0.4, 0.5) is 0 Å². The largest absolute Gasteiger partial charge is 0.480 e. The first-order valence-corrected chi connectivity index (χ1v) is 9.31. The number of imidazole rings is 1. The van der Waals surface area contributed by atoms with Gasteiger partial charge in [0.25, 0.3) is 0 Å². The van der Waals surface area contributed by atoms with Crippen molar-refractivity contribution in [2.45, 2.75) is 50.4 Å². The number of H-pyrrole nitrogens is 1. The molecule has 3 amide bonds. The average Bonchev–Trinajstić information content (AvgIpc) is 3.37. The summed E-state index contributed by atoms with van der Waals surface area (Å²) in [6, 6.07) is -3.80. The molecule has 1 aromatic heterocycles. The first kappa shape index (κ1) is 22.3. The Hall–Kier alpha value is -2.99. The third-order valence-corrected chi connectivity index (χ3v) is 4.75. The Labute approximate surface area is 167 Å². The highest BCUT2D eigenvalue weighted by Gasteiger charge is 2.38. The monoisotopic (exact) mass is 409 g/mol. The van der Waals surface area contributed by atoms with Crippen LogP contribution in [-0.2, 0) is 25.6 Å². The zero-order chi connectivity index (χ0) is 21.6. The molecule has 160 valence electrons. The number of amides is 3. The molecule has 0 unspecified atom stereocenters. The Morgan fingerprint density at radius 2 is 2.10 bits per heavy atom. The summed E-state index contributed by atoms with van der Waals surface area (Å²) < 4.78 is 0. The fourth-order valence-electron chi connectivity index (χ4n) is 3.13. The predicted molar refractivity (Wildman–Crippen MR) is 101 cm³/mol. The van der Waals surface area contributed by atoms with E-state index in [1.54, 1.807) is 0 Å². The topological polar surface area (TPSA) is 197 Å². The van der Waals surface area contributed by atoms with Crippen LogP contribution in [0, 0.1) is 0 Å². The number of hydrogen-bond acceptors (Lipinski definition) is 7. The Bertz CT molecular complexity index is 739. The second kappa shape index (κ2) is 9.98. The second-order valence-electron chi connectivity index (χ2n) is 6.94. The van der Waals surface area contributed by atoms with Crippen LogP contribution in [-0.4, -0.2) is 80.9 Å². The molecule has 2 rings (SSSR count). The molecule has 1 aliphatic rings. The van der Waals surface area contributed by atoms with Gasteiger partial charge in [-0.1, -0.05) is 0 Å². The molecular formula is C17H27N7O5. The summed E-state index contributed by atoms with van der Waals surface area (Å²) >= 11 is 0. The van der Waals surface area contributed by atoms with Gasteiger partial charge in [0.15, 0.2) is 0 Å². The molecule has 0 saturated carbocycles. The molecular weight excluding hydrogens is 382 g/mol. The van der Waals surface area contributed by atoms with E-state index in [-0.39, 0.29) is 13.0 Å². The van der Waals surface area contributed by atoms with E-state index >= 15 is 0 Å². The number of aromatic nitrogens is 2. The minimum atomic E-state index is -1.19. The van der Waals surface area contributed by atoms with Gasteiger partial charge in [-0.05, 0) is 19.8 Å². The third kappa shape index (κ3) is 5.74. The minimum Gasteiger partial charge on any atom is -0.480 e. The zero-order valence-electron chi connectivity index (χ0n) is 16.1. The lowest BCUT2D eigenvalue weighted by Crippen LogP contribution is -2.56. The van der Waals surface area contributed by atoms with Crippen molar-refractivity contribution in [2.24, 2.45) is 11.5 Å². The van der Waals surface area contributed by atoms with Crippen LogP contribution in [0.3, 0.4) is 0 Å². The van der Waals surface area contributed by atoms with E-state index in [4.69, 9.17) is 11.5 Å². The van der Waals surface area contributed by atoms with Crippen molar-refractivity contribution in [1.82, 2.24) is 25.5 Å². The number of likely N-dealkylation sites (tertiary alicyclic amines) is 1. The number of nitrogens with zero attached hydrogens (tertiary/aromatic N) is 2. The number of carboxylic acids is 1. The molecule has 1 aliphatic heterocycles. The first-order valence-electron chi connectivity index (χ1n) is 9.31. The van der Waals surface area contributed by atoms with Gasteiger partial charge < -0.3 is 37.1 Å². The molecule has 12 heteroatoms. The van der Waals surface area contributed by atoms with Crippen molar-refractivity contribution in [2.75, 3.05) is 13.1 Å². The smallest absolute Gasteiger partial charge is 0.326 e. The molecule has 1 fully saturated rings. The highest BCUT2D eigenvalue weighted by atomic mass is 16.4. The normalized spacial score (nSPS) is 19.3. The summed E-state index contributed by atoms with van der Waals surface area (Å²) in [7, 11) is 0. The quantitative estimate of drug-likeness (QED) is 0.253. The zero-order valence-corrected chi connectivity index (χ0v) is 16.1. The van der Waals surface area contributed by atoms with Crippen molar-refractivity contribution in [3.8, 4) is 0 Å². The van der Waals surface area contributed by atoms with E-state index in [1.807, 2.05) is 0 Å². The SMILES string of the molecule is C[C@H](NC(=O)[C@@H](N)CN)C(=O)N1CCC[C@H]1C(=O)N[C@@H](Cc1cnc[nH]1)C(=O)O. The van der Waals surface area contributed by atoms with Crippen molar-refractivity contribution in [3.63, 3.8) is 0 Å². The van der Waals surface area contributed by atoms with E-state index < -0.39 is 47.9 Å². The lowest BCUT2D eigenvalue weighted by Gasteiger charge is -2.28. The fraction of sp³-hybridized carbons (Fsp3) is 0.588. The van der Waals surface area contributed by atoms with Gasteiger partial charge in [-0.2, -0.15) is 0 Å². The van der Waals surface area contributed by atoms with E-state index in [1.165, 1.54) is 24.3 Å². The summed E-state index contributed by atoms with van der Waals surface area (Å²) in [6.45, 7) is 1.77. The lowest BCUT2D eigenvalue weighted by molar-refractivity contribution is -0.144. The maximum atomic E-state index is 12.7. The predicted octanol–water partition coefficient (Wildman–Crippen LogP) is -2.70. The molecule has 0 aromatic carbocycles. The number of carbonyl (C=O) groups excluding carboxylic acids is 3. The van der Waals surface area contributed by atoms with Gasteiger partial charge in [0.1, 0.15) is 18.1 Å². The maximum Gasteiger partial charge on any atom is 0.326 e. The molecule has 0 spiro atoms. The number of rotatable bonds is 9. The molecule has 0 radical (unpaired) electrons. The van der Waals surface area contributed by atoms with Gasteiger partial charge in [-0.25, -0.2) is 9.78 Å². The van der Waals surface area contributed by atoms with Crippen LogP contribution in [0.15, 0.2) is 12.5 Å². The summed E-state index contributed by atoms with van der Waals surface area (Å²) in [6.07, 6.45) is 3.91. The number of aliphatic carboxylic acids is 1. The van der Waals surface area contributed by atoms with Crippen molar-refractivity contribution in [3.05, 3.63) is 18.2 Å². The summed E-state index contributed by atoms with van der Waals surface area (Å²) in [5.41, 5.74) is 11.4. The molecule has 2 heterocycles. The highest BCUT2D eigenvalue weighted by Crippen LogP contribution is 2.19. The van der Waals surface area contributed by atoms with Crippen molar-refractivity contribution in [1.29, 1.82) is 0 Å². The Morgan fingerprint density at radius 3 is 2.69 bits per heavy atom. The third-order valence-electron chi connectivity index (χ3n) is 4.75. The molecule has 1 saturated heterocycles. The number of aromatic amines is 1. The van der Waals surface area contributed by atoms with Gasteiger partial charge in [-0.15, -0.1) is 0 Å². The lowest BCUT2D eigenvalue weighted by atomic mass is 10.1. The summed E-state index contributed by atoms with van der Waals surface area (Å²) in [4.78, 5) is 56.7. The molecule has 8 N–H and O–H groups in total. The van der Waals surface area contributed by atoms with Crippen LogP contribution >= 0.6 is 0 Å². The summed E-state index contributed by atoms with van der Waals surface area (Å²) in [5.74, 6) is -2.75. The van der Waals surface area contributed by atoms with Gasteiger partial charge in [-0.3, -0.25) is 14.4 Å². The number of nitrogens with one attached hydrogen (secondary N) is 3. The molecule has 0 bridgehead atoms. The van der Waals surface area contributed by atoms with Crippen LogP contribution in [0.5, 0.6) is 0 Å². The van der Waals surface area contributed by atoms with Gasteiger partial charge in [0.2, 0.25) is 17.7 Å². The van der Waals surface area contributed by atoms with E-state index in [9.17, 15) is 24.3 Å². The van der Waals surface area contributed by atoms with Gasteiger partial charge in [0.05, 0.1) is 12.4 Å². The van der Waals surface area contributed by atoms with Gasteiger partial charge in [0, 0.05) is 31.4 Å². The fourth-order valence-corrected chi connectivity index (χ4v) is 3.13. The van der Waals surface area contributed by atoms with Crippen LogP contribution in [0.2, 0.25) is 0 Å². The van der Waals surface area contributed by atoms with E-state index in [0.717, 1.165) is 0 Å². The van der Waals surface area contributed by atoms with Crippen LogP contribution < -0.4 is 22.1 Å². The number of carboxylic acid groups (broad SMARTS) is 1. The Morgan fingerprint density at radius 1 is 1.38 bits per heavy atom. The molecule has 1 aromatic rings. The first-order chi connectivity index (χ1) is 13.7. The summed E-state index contributed by atoms with van der Waals surface area (Å²) in [5, 5.41) is 14.4. The second-order valence-corrected chi connectivity index (χ2v) is 6.94. The van der Waals surface area contributed by atoms with Crippen molar-refractivity contribution >= 4 is 23.7 Å². The van der Waals surface area contributed by atoms with Crippen molar-refractivity contribution < 1.29 is 24.3 Å². The number of nitrogens with two attached hydrogens (primary N) is 2. The molecule has 29 heavy (non-hydrogen) atoms. The maximum absolute atomic E-state index is 12.7. The number of hydrogen-bond donors (Lipinski definition) is 6. The average molecular weight is 409 g/mol. The minimum absolute atomic E-state index is 0.0329. The number of carbonyl (C=O) groups is 4. The van der Waals surface area contributed by atoms with Crippen LogP contribution in [0.25, 0.3) is 0 Å². The molecule has 4 atom stereocenters. The Balaban J connectivity index is 2.00. The Kier molecular flexibility index (Phi) is 7.67. The van der Waals surface area contributed by atoms with Crippen LogP contribution in [0.1, 0.15) is 25.5 Å². The molecule has 12 nitrogen and oxygen atoms in total. The standard InChI is InChI=1S/C17H27N7O5/c1-9(22-14(25)11(19)6-18)16(27)24-4-2-3-13(24)15(26)23-12(17(28)29)5-10-7-20-8-21-10/h7-9,11-13H,2-6,18-19H2,1H3,(H,20,21)(H,22,25)(H,23,26)(H,28,29)/t9-,11-,12-,13-/m0/s1. The highest BCUT2D eigenvalue weighted by molar-refractivity contribution is 5.94. The molecule has 0 aliphatic carbocycles.